The van der Waals surface area contributed by atoms with E-state index in [1.54, 1.807) is 19.0 Å². The lowest BCUT2D eigenvalue weighted by Gasteiger charge is -2.31. The van der Waals surface area contributed by atoms with Gasteiger partial charge in [-0.2, -0.15) is 0 Å². The Labute approximate surface area is 157 Å². The van der Waals surface area contributed by atoms with E-state index in [2.05, 4.69) is 4.99 Å². The second kappa shape index (κ2) is 9.22. The van der Waals surface area contributed by atoms with E-state index >= 15 is 0 Å². The number of nitro benzene ring substituents is 1. The van der Waals surface area contributed by atoms with E-state index in [1.807, 2.05) is 4.90 Å². The average molecular weight is 376 g/mol. The number of hydrogen-bond acceptors (Lipinski definition) is 6. The number of benzene rings is 1. The summed E-state index contributed by atoms with van der Waals surface area (Å²) in [5.41, 5.74) is 0.349. The van der Waals surface area contributed by atoms with Gasteiger partial charge in [0.2, 0.25) is 0 Å². The van der Waals surface area contributed by atoms with Gasteiger partial charge in [0, 0.05) is 33.3 Å². The highest BCUT2D eigenvalue weighted by Gasteiger charge is 2.29. The summed E-state index contributed by atoms with van der Waals surface area (Å²) in [5.74, 6) is -1.09. The van der Waals surface area contributed by atoms with Gasteiger partial charge in [-0.3, -0.25) is 19.8 Å². The van der Waals surface area contributed by atoms with Crippen LogP contribution in [-0.2, 0) is 16.1 Å². The number of aliphatic imine (C=N–C) groups is 1. The summed E-state index contributed by atoms with van der Waals surface area (Å²) >= 11 is 0. The minimum Gasteiger partial charge on any atom is -0.465 e. The van der Waals surface area contributed by atoms with Crippen molar-refractivity contribution in [3.8, 4) is 0 Å². The lowest BCUT2D eigenvalue weighted by Crippen LogP contribution is -2.38. The van der Waals surface area contributed by atoms with Gasteiger partial charge in [-0.05, 0) is 25.5 Å². The molecule has 0 N–H and O–H groups in total. The van der Waals surface area contributed by atoms with Gasteiger partial charge in [-0.1, -0.05) is 6.07 Å². The highest BCUT2D eigenvalue weighted by Crippen LogP contribution is 2.27. The topological polar surface area (TPSA) is 105 Å². The fraction of sp³-hybridized carbons (Fsp3) is 0.500. The molecule has 1 fully saturated rings. The van der Waals surface area contributed by atoms with E-state index in [1.165, 1.54) is 31.6 Å². The van der Waals surface area contributed by atoms with Gasteiger partial charge in [0.25, 0.3) is 11.6 Å². The molecule has 9 nitrogen and oxygen atoms in total. The van der Waals surface area contributed by atoms with E-state index < -0.39 is 10.9 Å². The van der Waals surface area contributed by atoms with Crippen LogP contribution in [0.25, 0.3) is 0 Å². The van der Waals surface area contributed by atoms with Gasteiger partial charge in [-0.25, -0.2) is 9.79 Å². The maximum absolute atomic E-state index is 12.3. The molecular weight excluding hydrogens is 352 g/mol. The van der Waals surface area contributed by atoms with Gasteiger partial charge in [0.1, 0.15) is 0 Å². The smallest absolute Gasteiger partial charge is 0.338 e. The Morgan fingerprint density at radius 1 is 1.44 bits per heavy atom. The number of amides is 1. The van der Waals surface area contributed by atoms with E-state index in [-0.39, 0.29) is 29.6 Å². The van der Waals surface area contributed by atoms with Crippen LogP contribution >= 0.6 is 0 Å². The normalized spacial score (nSPS) is 17.7. The Hall–Kier alpha value is -2.81. The molecule has 1 saturated heterocycles. The van der Waals surface area contributed by atoms with Crippen molar-refractivity contribution >= 4 is 23.9 Å². The van der Waals surface area contributed by atoms with E-state index in [0.717, 1.165) is 12.8 Å². The Kier molecular flexibility index (Phi) is 7.00. The number of likely N-dealkylation sites (tertiary alicyclic amines) is 1. The van der Waals surface area contributed by atoms with Gasteiger partial charge in [-0.15, -0.1) is 0 Å². The SMILES string of the molecule is COC(=O)c1cccc([N+](=O)[O-])c1CN1CCC[C@@H](C(=O)N=CN(C)C)C1. The summed E-state index contributed by atoms with van der Waals surface area (Å²) in [7, 11) is 4.81. The first kappa shape index (κ1) is 20.5. The Morgan fingerprint density at radius 2 is 2.19 bits per heavy atom. The number of methoxy groups -OCH3 is 1. The monoisotopic (exact) mass is 376 g/mol. The van der Waals surface area contributed by atoms with Crippen LogP contribution in [0.5, 0.6) is 0 Å². The third-order valence-corrected chi connectivity index (χ3v) is 4.41. The van der Waals surface area contributed by atoms with E-state index in [0.29, 0.717) is 18.7 Å². The van der Waals surface area contributed by atoms with Crippen molar-refractivity contribution in [1.82, 2.24) is 9.80 Å². The summed E-state index contributed by atoms with van der Waals surface area (Å²) in [6.45, 7) is 1.33. The summed E-state index contributed by atoms with van der Waals surface area (Å²) < 4.78 is 4.76. The molecule has 9 heteroatoms. The van der Waals surface area contributed by atoms with Crippen molar-refractivity contribution in [3.05, 3.63) is 39.4 Å². The van der Waals surface area contributed by atoms with Gasteiger partial charge < -0.3 is 9.64 Å². The lowest BCUT2D eigenvalue weighted by molar-refractivity contribution is -0.385. The van der Waals surface area contributed by atoms with Crippen molar-refractivity contribution < 1.29 is 19.2 Å². The predicted octanol–water partition coefficient (Wildman–Crippen LogP) is 1.71. The van der Waals surface area contributed by atoms with Crippen LogP contribution in [0.3, 0.4) is 0 Å². The summed E-state index contributed by atoms with van der Waals surface area (Å²) in [5, 5.41) is 11.4. The van der Waals surface area contributed by atoms with Crippen LogP contribution in [0, 0.1) is 16.0 Å². The molecule has 1 amide bonds. The van der Waals surface area contributed by atoms with Crippen molar-refractivity contribution in [2.45, 2.75) is 19.4 Å². The number of carbonyl (C=O) groups is 2. The van der Waals surface area contributed by atoms with E-state index in [9.17, 15) is 19.7 Å². The molecular formula is C18H24N4O5. The minimum absolute atomic E-state index is 0.128. The third kappa shape index (κ3) is 5.33. The quantitative estimate of drug-likeness (QED) is 0.245. The number of rotatable bonds is 6. The summed E-state index contributed by atoms with van der Waals surface area (Å²) in [4.78, 5) is 42.8. The average Bonchev–Trinajstić information content (AvgIpc) is 2.65. The third-order valence-electron chi connectivity index (χ3n) is 4.41. The second-order valence-electron chi connectivity index (χ2n) is 6.67. The number of piperidine rings is 1. The fourth-order valence-electron chi connectivity index (χ4n) is 3.12. The molecule has 146 valence electrons. The number of nitrogens with zero attached hydrogens (tertiary/aromatic N) is 4. The predicted molar refractivity (Wildman–Crippen MR) is 99.6 cm³/mol. The second-order valence-corrected chi connectivity index (χ2v) is 6.67. The molecule has 1 aromatic rings. The van der Waals surface area contributed by atoms with Crippen molar-refractivity contribution in [2.24, 2.45) is 10.9 Å². The molecule has 0 saturated carbocycles. The minimum atomic E-state index is -0.617. The number of hydrogen-bond donors (Lipinski definition) is 0. The molecule has 27 heavy (non-hydrogen) atoms. The first-order valence-electron chi connectivity index (χ1n) is 8.65. The largest absolute Gasteiger partial charge is 0.465 e. The standard InChI is InChI=1S/C18H24N4O5/c1-20(2)12-19-17(23)13-6-5-9-21(10-13)11-15-14(18(24)27-3)7-4-8-16(15)22(25)26/h4,7-8,12-13H,5-6,9-11H2,1-3H3/t13-/m1/s1. The first-order valence-corrected chi connectivity index (χ1v) is 8.65. The summed E-state index contributed by atoms with van der Waals surface area (Å²) in [6, 6.07) is 4.35. The number of nitro groups is 1. The zero-order valence-electron chi connectivity index (χ0n) is 15.8. The van der Waals surface area contributed by atoms with Crippen LogP contribution < -0.4 is 0 Å². The highest BCUT2D eigenvalue weighted by molar-refractivity contribution is 5.92. The van der Waals surface area contributed by atoms with Crippen LogP contribution in [0.1, 0.15) is 28.8 Å². The molecule has 0 aromatic heterocycles. The van der Waals surface area contributed by atoms with Gasteiger partial charge in [0.15, 0.2) is 0 Å². The molecule has 1 aromatic carbocycles. The molecule has 0 spiro atoms. The summed E-state index contributed by atoms with van der Waals surface area (Å²) in [6.07, 6.45) is 2.97. The molecule has 0 unspecified atom stereocenters. The highest BCUT2D eigenvalue weighted by atomic mass is 16.6. The van der Waals surface area contributed by atoms with Crippen molar-refractivity contribution in [2.75, 3.05) is 34.3 Å². The molecule has 1 heterocycles. The van der Waals surface area contributed by atoms with Crippen molar-refractivity contribution in [1.29, 1.82) is 0 Å². The zero-order valence-corrected chi connectivity index (χ0v) is 15.8. The van der Waals surface area contributed by atoms with Gasteiger partial charge >= 0.3 is 5.97 Å². The van der Waals surface area contributed by atoms with Crippen LogP contribution in [0.2, 0.25) is 0 Å². The molecule has 1 aliphatic heterocycles. The Balaban J connectivity index is 2.22. The molecule has 0 radical (unpaired) electrons. The lowest BCUT2D eigenvalue weighted by atomic mass is 9.96. The molecule has 0 bridgehead atoms. The van der Waals surface area contributed by atoms with Crippen LogP contribution in [-0.4, -0.2) is 67.2 Å². The molecule has 1 aliphatic rings. The Bertz CT molecular complexity index is 747. The maximum Gasteiger partial charge on any atom is 0.338 e. The Morgan fingerprint density at radius 3 is 2.81 bits per heavy atom. The number of carbonyl (C=O) groups excluding carboxylic acids is 2. The van der Waals surface area contributed by atoms with Gasteiger partial charge in [0.05, 0.1) is 35.4 Å². The number of esters is 1. The maximum atomic E-state index is 12.3. The van der Waals surface area contributed by atoms with E-state index in [4.69, 9.17) is 4.74 Å². The van der Waals surface area contributed by atoms with Crippen LogP contribution in [0.15, 0.2) is 23.2 Å². The molecule has 2 rings (SSSR count). The van der Waals surface area contributed by atoms with Crippen LogP contribution in [0.4, 0.5) is 5.69 Å². The number of ether oxygens (including phenoxy) is 1. The first-order chi connectivity index (χ1) is 12.8. The fourth-order valence-corrected chi connectivity index (χ4v) is 3.12. The molecule has 0 aliphatic carbocycles. The van der Waals surface area contributed by atoms with Crippen molar-refractivity contribution in [3.63, 3.8) is 0 Å². The molecule has 1 atom stereocenters. The zero-order chi connectivity index (χ0) is 20.0.